The first-order chi connectivity index (χ1) is 16.3. The van der Waals surface area contributed by atoms with Crippen molar-refractivity contribution in [3.63, 3.8) is 0 Å². The van der Waals surface area contributed by atoms with Gasteiger partial charge in [-0.15, -0.1) is 0 Å². The van der Waals surface area contributed by atoms with E-state index in [0.717, 1.165) is 51.9 Å². The Kier molecular flexibility index (Phi) is 10.4. The summed E-state index contributed by atoms with van der Waals surface area (Å²) in [7, 11) is 0. The minimum absolute atomic E-state index is 0.175. The third-order valence-electron chi connectivity index (χ3n) is 8.15. The molecule has 7 atom stereocenters. The van der Waals surface area contributed by atoms with Gasteiger partial charge < -0.3 is 30.4 Å². The number of carbonyl (C=O) groups is 1. The number of aliphatic hydroxyl groups is 2. The lowest BCUT2D eigenvalue weighted by atomic mass is 9.80. The maximum absolute atomic E-state index is 11.1. The summed E-state index contributed by atoms with van der Waals surface area (Å²) >= 11 is 0. The molecule has 34 heavy (non-hydrogen) atoms. The lowest BCUT2D eigenvalue weighted by Crippen LogP contribution is -3.16. The van der Waals surface area contributed by atoms with Gasteiger partial charge in [-0.3, -0.25) is 4.79 Å². The minimum atomic E-state index is -1.15. The monoisotopic (exact) mass is 479 g/mol. The summed E-state index contributed by atoms with van der Waals surface area (Å²) in [6.07, 6.45) is 15.3. The number of unbranched alkanes of at least 4 members (excludes halogenated alkanes) is 4. The Balaban J connectivity index is 1.38. The second-order valence-electron chi connectivity index (χ2n) is 10.8. The Morgan fingerprint density at radius 2 is 2.00 bits per heavy atom. The quantitative estimate of drug-likeness (QED) is 0.240. The molecule has 1 saturated heterocycles. The van der Waals surface area contributed by atoms with E-state index in [1.165, 1.54) is 24.2 Å². The highest BCUT2D eigenvalue weighted by atomic mass is 16.4. The Hall–Kier alpha value is -1.48. The van der Waals surface area contributed by atoms with Crippen molar-refractivity contribution in [2.45, 2.75) is 108 Å². The third-order valence-corrected chi connectivity index (χ3v) is 8.15. The smallest absolute Gasteiger partial charge is 0.306 e. The summed E-state index contributed by atoms with van der Waals surface area (Å²) in [6, 6.07) is 1.09. The fourth-order valence-electron chi connectivity index (χ4n) is 6.08. The van der Waals surface area contributed by atoms with Crippen LogP contribution in [0.5, 0.6) is 0 Å². The van der Waals surface area contributed by atoms with Crippen molar-refractivity contribution in [2.75, 3.05) is 26.3 Å². The average Bonchev–Trinajstić information content (AvgIpc) is 3.34. The van der Waals surface area contributed by atoms with Crippen molar-refractivity contribution >= 4 is 12.2 Å². The third kappa shape index (κ3) is 7.51. The predicted octanol–water partition coefficient (Wildman–Crippen LogP) is 1.19. The van der Waals surface area contributed by atoms with E-state index >= 15 is 0 Å². The number of nitrogens with zero attached hydrogens (tertiary/aromatic N) is 2. The molecule has 3 aliphatic heterocycles. The van der Waals surface area contributed by atoms with E-state index in [4.69, 9.17) is 5.11 Å². The van der Waals surface area contributed by atoms with Crippen LogP contribution in [0, 0.1) is 5.92 Å². The lowest BCUT2D eigenvalue weighted by molar-refractivity contribution is -0.915. The van der Waals surface area contributed by atoms with Gasteiger partial charge in [-0.1, -0.05) is 45.1 Å². The highest BCUT2D eigenvalue weighted by molar-refractivity contribution is 5.68. The Bertz CT molecular complexity index is 694. The van der Waals surface area contributed by atoms with Gasteiger partial charge in [-0.05, 0) is 44.8 Å². The van der Waals surface area contributed by atoms with Crippen molar-refractivity contribution < 1.29 is 25.0 Å². The number of hydrogen-bond acceptors (Lipinski definition) is 6. The van der Waals surface area contributed by atoms with Crippen LogP contribution in [0.2, 0.25) is 0 Å². The number of carboxylic acids is 1. The molecule has 8 nitrogen and oxygen atoms in total. The van der Waals surface area contributed by atoms with E-state index in [9.17, 15) is 15.0 Å². The molecular weight excluding hydrogens is 432 g/mol. The molecule has 0 aromatic rings. The van der Waals surface area contributed by atoms with Gasteiger partial charge in [-0.2, -0.15) is 0 Å². The van der Waals surface area contributed by atoms with Crippen LogP contribution < -0.4 is 10.2 Å². The first-order valence-corrected chi connectivity index (χ1v) is 13.4. The van der Waals surface area contributed by atoms with E-state index in [1.807, 2.05) is 13.1 Å². The summed E-state index contributed by atoms with van der Waals surface area (Å²) in [6.45, 7) is 6.97. The van der Waals surface area contributed by atoms with Crippen LogP contribution in [0.4, 0.5) is 0 Å². The standard InChI is InChI=1S/C26H46N4O4/c1-3-27-18-26(34,17-25(32)33)11-8-6-4-5-7-9-21-10-13-30-20(2)24(31)16-22(23(30)15-21)29-14-12-28-19-29/h10,12-13,20-24,27,31,34H,3-9,11,14-19H2,1-2H3,(H,32,33)/p+1. The first-order valence-electron chi connectivity index (χ1n) is 13.4. The molecule has 7 unspecified atom stereocenters. The second kappa shape index (κ2) is 13.0. The molecule has 0 aromatic carbocycles. The lowest BCUT2D eigenvalue weighted by Gasteiger charge is -2.50. The topological polar surface area (TPSA) is 110 Å². The van der Waals surface area contributed by atoms with Gasteiger partial charge in [0.2, 0.25) is 0 Å². The van der Waals surface area contributed by atoms with Crippen LogP contribution >= 0.6 is 0 Å². The summed E-state index contributed by atoms with van der Waals surface area (Å²) < 4.78 is 0. The number of hydrogen-bond donors (Lipinski definition) is 5. The predicted molar refractivity (Wildman–Crippen MR) is 134 cm³/mol. The fraction of sp³-hybridized carbons (Fsp3) is 0.846. The summed E-state index contributed by atoms with van der Waals surface area (Å²) in [5.74, 6) is -0.350. The molecule has 3 aliphatic rings. The number of piperidine rings is 1. The number of rotatable bonds is 14. The molecule has 0 bridgehead atoms. The number of allylic oxidation sites excluding steroid dienone is 1. The number of quaternary nitrogens is 1. The van der Waals surface area contributed by atoms with E-state index in [1.54, 1.807) is 0 Å². The molecule has 194 valence electrons. The summed E-state index contributed by atoms with van der Waals surface area (Å²) in [5, 5.41) is 33.4. The van der Waals surface area contributed by atoms with Crippen LogP contribution in [0.3, 0.4) is 0 Å². The van der Waals surface area contributed by atoms with Gasteiger partial charge in [0.15, 0.2) is 6.67 Å². The zero-order chi connectivity index (χ0) is 24.6. The van der Waals surface area contributed by atoms with Gasteiger partial charge >= 0.3 is 5.97 Å². The van der Waals surface area contributed by atoms with Crippen molar-refractivity contribution in [3.8, 4) is 0 Å². The molecule has 0 radical (unpaired) electrons. The molecular formula is C26H47N4O4+. The van der Waals surface area contributed by atoms with E-state index < -0.39 is 11.6 Å². The fourth-order valence-corrected chi connectivity index (χ4v) is 6.08. The van der Waals surface area contributed by atoms with E-state index in [-0.39, 0.29) is 18.6 Å². The summed E-state index contributed by atoms with van der Waals surface area (Å²) in [5.41, 5.74) is -1.15. The number of aliphatic carboxylic acids is 1. The largest absolute Gasteiger partial charge is 0.481 e. The highest BCUT2D eigenvalue weighted by Gasteiger charge is 2.46. The van der Waals surface area contributed by atoms with Gasteiger partial charge in [0.05, 0.1) is 36.4 Å². The Morgan fingerprint density at radius 3 is 2.71 bits per heavy atom. The molecule has 8 heteroatoms. The number of aliphatic hydroxyl groups excluding tert-OH is 1. The Labute approximate surface area is 205 Å². The summed E-state index contributed by atoms with van der Waals surface area (Å²) in [4.78, 5) is 19.4. The van der Waals surface area contributed by atoms with Gasteiger partial charge in [0, 0.05) is 13.0 Å². The van der Waals surface area contributed by atoms with Gasteiger partial charge in [-0.25, -0.2) is 4.99 Å². The van der Waals surface area contributed by atoms with Crippen molar-refractivity contribution in [3.05, 3.63) is 12.3 Å². The number of carboxylic acid groups (broad SMARTS) is 1. The zero-order valence-electron chi connectivity index (χ0n) is 21.2. The molecule has 5 N–H and O–H groups in total. The van der Waals surface area contributed by atoms with Crippen molar-refractivity contribution in [2.24, 2.45) is 10.9 Å². The molecule has 1 fully saturated rings. The van der Waals surface area contributed by atoms with E-state index in [0.29, 0.717) is 31.0 Å². The molecule has 0 aliphatic carbocycles. The van der Waals surface area contributed by atoms with Crippen LogP contribution in [0.15, 0.2) is 17.3 Å². The molecule has 3 rings (SSSR count). The van der Waals surface area contributed by atoms with Crippen LogP contribution in [-0.4, -0.2) is 88.5 Å². The maximum atomic E-state index is 11.1. The van der Waals surface area contributed by atoms with Gasteiger partial charge in [0.1, 0.15) is 12.6 Å². The number of likely N-dealkylation sites (N-methyl/N-ethyl adjacent to an activating group) is 1. The molecule has 0 amide bonds. The molecule has 0 spiro atoms. The number of aliphatic imine (C=N–C) groups is 1. The van der Waals surface area contributed by atoms with Crippen LogP contribution in [0.1, 0.15) is 78.1 Å². The number of fused-ring (bicyclic) bond motifs is 1. The molecule has 0 aromatic heterocycles. The van der Waals surface area contributed by atoms with Gasteiger partial charge in [0.25, 0.3) is 0 Å². The number of nitrogens with one attached hydrogen (secondary N) is 2. The van der Waals surface area contributed by atoms with Crippen molar-refractivity contribution in [1.29, 1.82) is 0 Å². The SMILES string of the molecule is CCNCC(O)(CCCCCCCC1C=CN2C(C)C(O)CC([NH+]3CC=NC3)C2C1)CC(=O)O. The average molecular weight is 480 g/mol. The van der Waals surface area contributed by atoms with E-state index in [2.05, 4.69) is 34.4 Å². The zero-order valence-corrected chi connectivity index (χ0v) is 21.2. The Morgan fingerprint density at radius 1 is 1.24 bits per heavy atom. The van der Waals surface area contributed by atoms with Crippen LogP contribution in [-0.2, 0) is 4.79 Å². The molecule has 3 heterocycles. The maximum Gasteiger partial charge on any atom is 0.306 e. The first kappa shape index (κ1) is 27.1. The molecule has 0 saturated carbocycles. The van der Waals surface area contributed by atoms with Crippen molar-refractivity contribution in [1.82, 2.24) is 10.2 Å². The van der Waals surface area contributed by atoms with Crippen LogP contribution in [0.25, 0.3) is 0 Å². The minimum Gasteiger partial charge on any atom is -0.481 e. The highest BCUT2D eigenvalue weighted by Crippen LogP contribution is 2.33. The second-order valence-corrected chi connectivity index (χ2v) is 10.8. The normalized spacial score (nSPS) is 32.5.